The number of anilines is 1. The lowest BCUT2D eigenvalue weighted by atomic mass is 10.0. The van der Waals surface area contributed by atoms with Crippen molar-refractivity contribution in [1.82, 2.24) is 10.2 Å². The summed E-state index contributed by atoms with van der Waals surface area (Å²) in [5.41, 5.74) is 2.27. The van der Waals surface area contributed by atoms with Crippen molar-refractivity contribution in [3.63, 3.8) is 0 Å². The average Bonchev–Trinajstić information content (AvgIpc) is 2.85. The first-order valence-electron chi connectivity index (χ1n) is 11.4. The molecule has 1 amide bonds. The number of piperidine rings is 1. The van der Waals surface area contributed by atoms with Crippen LogP contribution in [0.3, 0.4) is 0 Å². The molecule has 1 aliphatic rings. The SMILES string of the molecule is O=C(NCc1ccccc1CN1CCCCC1)c1cccc(S(=O)(=O)Nc2ccccc2F)c1. The zero-order valence-corrected chi connectivity index (χ0v) is 19.7. The van der Waals surface area contributed by atoms with Crippen molar-refractivity contribution < 1.29 is 17.6 Å². The molecule has 3 aromatic rings. The minimum Gasteiger partial charge on any atom is -0.348 e. The molecule has 0 aliphatic carbocycles. The van der Waals surface area contributed by atoms with Crippen LogP contribution in [0, 0.1) is 5.82 Å². The highest BCUT2D eigenvalue weighted by atomic mass is 32.2. The van der Waals surface area contributed by atoms with Crippen LogP contribution in [0.25, 0.3) is 0 Å². The van der Waals surface area contributed by atoms with E-state index in [1.54, 1.807) is 6.07 Å². The van der Waals surface area contributed by atoms with Crippen molar-refractivity contribution in [3.05, 3.63) is 95.3 Å². The van der Waals surface area contributed by atoms with Gasteiger partial charge in [0.25, 0.3) is 15.9 Å². The largest absolute Gasteiger partial charge is 0.348 e. The van der Waals surface area contributed by atoms with Gasteiger partial charge in [-0.1, -0.05) is 48.9 Å². The summed E-state index contributed by atoms with van der Waals surface area (Å²) in [5.74, 6) is -1.06. The van der Waals surface area contributed by atoms with Crippen LogP contribution < -0.4 is 10.0 Å². The molecule has 0 bridgehead atoms. The normalized spacial score (nSPS) is 14.5. The molecule has 0 radical (unpaired) electrons. The van der Waals surface area contributed by atoms with Gasteiger partial charge in [-0.3, -0.25) is 14.4 Å². The molecular formula is C26H28FN3O3S. The molecule has 0 spiro atoms. The van der Waals surface area contributed by atoms with Gasteiger partial charge in [-0.25, -0.2) is 12.8 Å². The van der Waals surface area contributed by atoms with Gasteiger partial charge < -0.3 is 5.32 Å². The third kappa shape index (κ3) is 6.01. The Balaban J connectivity index is 1.44. The van der Waals surface area contributed by atoms with Gasteiger partial charge >= 0.3 is 0 Å². The zero-order chi connectivity index (χ0) is 24.0. The smallest absolute Gasteiger partial charge is 0.262 e. The third-order valence-corrected chi connectivity index (χ3v) is 7.29. The number of likely N-dealkylation sites (tertiary alicyclic amines) is 1. The predicted molar refractivity (Wildman–Crippen MR) is 130 cm³/mol. The van der Waals surface area contributed by atoms with Crippen LogP contribution in [0.15, 0.2) is 77.7 Å². The number of nitrogens with zero attached hydrogens (tertiary/aromatic N) is 1. The highest BCUT2D eigenvalue weighted by molar-refractivity contribution is 7.92. The van der Waals surface area contributed by atoms with Crippen molar-refractivity contribution in [2.45, 2.75) is 37.2 Å². The summed E-state index contributed by atoms with van der Waals surface area (Å²) in [4.78, 5) is 15.1. The monoisotopic (exact) mass is 481 g/mol. The molecule has 0 atom stereocenters. The summed E-state index contributed by atoms with van der Waals surface area (Å²) in [6.07, 6.45) is 3.70. The van der Waals surface area contributed by atoms with E-state index in [1.165, 1.54) is 67.3 Å². The molecule has 0 unspecified atom stereocenters. The second kappa shape index (κ2) is 10.8. The summed E-state index contributed by atoms with van der Waals surface area (Å²) in [5, 5.41) is 2.90. The maximum atomic E-state index is 13.9. The molecule has 1 heterocycles. The Morgan fingerprint density at radius 3 is 2.35 bits per heavy atom. The average molecular weight is 482 g/mol. The minimum absolute atomic E-state index is 0.117. The number of nitrogens with one attached hydrogen (secondary N) is 2. The second-order valence-corrected chi connectivity index (χ2v) is 10.1. The fraction of sp³-hybridized carbons (Fsp3) is 0.269. The Labute approximate surface area is 199 Å². The van der Waals surface area contributed by atoms with Gasteiger partial charge in [-0.2, -0.15) is 0 Å². The van der Waals surface area contributed by atoms with Crippen molar-refractivity contribution in [2.24, 2.45) is 0 Å². The number of sulfonamides is 1. The molecule has 6 nitrogen and oxygen atoms in total. The number of carbonyl (C=O) groups is 1. The maximum absolute atomic E-state index is 13.9. The number of para-hydroxylation sites is 1. The van der Waals surface area contributed by atoms with E-state index >= 15 is 0 Å². The van der Waals surface area contributed by atoms with Crippen LogP contribution in [-0.4, -0.2) is 32.3 Å². The van der Waals surface area contributed by atoms with Gasteiger partial charge in [0, 0.05) is 18.7 Å². The standard InChI is InChI=1S/C26H28FN3O3S/c27-24-13-4-5-14-25(24)29-34(32,33)23-12-8-11-20(17-23)26(31)28-18-21-9-2-3-10-22(21)19-30-15-6-1-7-16-30/h2-5,8-14,17,29H,1,6-7,15-16,18-19H2,(H,28,31). The first kappa shape index (κ1) is 23.9. The van der Waals surface area contributed by atoms with Gasteiger partial charge in [0.15, 0.2) is 0 Å². The molecule has 178 valence electrons. The summed E-state index contributed by atoms with van der Waals surface area (Å²) in [6.45, 7) is 3.36. The molecule has 1 saturated heterocycles. The number of amides is 1. The summed E-state index contributed by atoms with van der Waals surface area (Å²) in [7, 11) is -4.06. The van der Waals surface area contributed by atoms with Crippen LogP contribution in [0.1, 0.15) is 40.7 Å². The minimum atomic E-state index is -4.06. The topological polar surface area (TPSA) is 78.5 Å². The molecule has 2 N–H and O–H groups in total. The molecule has 3 aromatic carbocycles. The lowest BCUT2D eigenvalue weighted by Gasteiger charge is -2.27. The van der Waals surface area contributed by atoms with E-state index in [9.17, 15) is 17.6 Å². The van der Waals surface area contributed by atoms with Gasteiger partial charge in [-0.15, -0.1) is 0 Å². The summed E-state index contributed by atoms with van der Waals surface area (Å²) >= 11 is 0. The van der Waals surface area contributed by atoms with E-state index in [2.05, 4.69) is 21.0 Å². The number of carbonyl (C=O) groups excluding carboxylic acids is 1. The van der Waals surface area contributed by atoms with Gasteiger partial charge in [-0.05, 0) is 67.4 Å². The summed E-state index contributed by atoms with van der Waals surface area (Å²) in [6, 6.07) is 19.3. The fourth-order valence-corrected chi connectivity index (χ4v) is 5.19. The van der Waals surface area contributed by atoms with Gasteiger partial charge in [0.05, 0.1) is 10.6 Å². The first-order valence-corrected chi connectivity index (χ1v) is 12.9. The molecule has 0 aromatic heterocycles. The molecule has 1 fully saturated rings. The van der Waals surface area contributed by atoms with Gasteiger partial charge in [0.2, 0.25) is 0 Å². The number of hydrogen-bond donors (Lipinski definition) is 2. The van der Waals surface area contributed by atoms with E-state index in [1.807, 2.05) is 18.2 Å². The summed E-state index contributed by atoms with van der Waals surface area (Å²) < 4.78 is 41.6. The lowest BCUT2D eigenvalue weighted by Crippen LogP contribution is -2.30. The van der Waals surface area contributed by atoms with E-state index in [4.69, 9.17) is 0 Å². The number of hydrogen-bond acceptors (Lipinski definition) is 4. The van der Waals surface area contributed by atoms with Gasteiger partial charge in [0.1, 0.15) is 5.82 Å². The second-order valence-electron chi connectivity index (χ2n) is 8.40. The van der Waals surface area contributed by atoms with E-state index in [0.717, 1.165) is 25.2 Å². The van der Waals surface area contributed by atoms with Crippen LogP contribution in [0.2, 0.25) is 0 Å². The fourth-order valence-electron chi connectivity index (χ4n) is 4.07. The Hall–Kier alpha value is -3.23. The Morgan fingerprint density at radius 1 is 0.882 bits per heavy atom. The molecule has 4 rings (SSSR count). The van der Waals surface area contributed by atoms with E-state index in [0.29, 0.717) is 6.54 Å². The Bertz CT molecular complexity index is 1260. The van der Waals surface area contributed by atoms with Crippen molar-refractivity contribution >= 4 is 21.6 Å². The molecule has 0 saturated carbocycles. The van der Waals surface area contributed by atoms with Crippen LogP contribution in [-0.2, 0) is 23.1 Å². The van der Waals surface area contributed by atoms with Crippen molar-refractivity contribution in [2.75, 3.05) is 17.8 Å². The number of halogens is 1. The first-order chi connectivity index (χ1) is 16.4. The van der Waals surface area contributed by atoms with Crippen molar-refractivity contribution in [3.8, 4) is 0 Å². The van der Waals surface area contributed by atoms with Crippen LogP contribution >= 0.6 is 0 Å². The predicted octanol–water partition coefficient (Wildman–Crippen LogP) is 4.54. The number of rotatable bonds is 8. The molecular weight excluding hydrogens is 453 g/mol. The highest BCUT2D eigenvalue weighted by Crippen LogP contribution is 2.20. The highest BCUT2D eigenvalue weighted by Gasteiger charge is 2.18. The molecule has 34 heavy (non-hydrogen) atoms. The van der Waals surface area contributed by atoms with Crippen molar-refractivity contribution in [1.29, 1.82) is 0 Å². The lowest BCUT2D eigenvalue weighted by molar-refractivity contribution is 0.0950. The van der Waals surface area contributed by atoms with E-state index < -0.39 is 15.8 Å². The maximum Gasteiger partial charge on any atom is 0.262 e. The quantitative estimate of drug-likeness (QED) is 0.495. The third-order valence-electron chi connectivity index (χ3n) is 5.93. The number of benzene rings is 3. The molecule has 8 heteroatoms. The van der Waals surface area contributed by atoms with Crippen LogP contribution in [0.4, 0.5) is 10.1 Å². The molecule has 1 aliphatic heterocycles. The van der Waals surface area contributed by atoms with Crippen LogP contribution in [0.5, 0.6) is 0 Å². The Kier molecular flexibility index (Phi) is 7.59. The van der Waals surface area contributed by atoms with E-state index in [-0.39, 0.29) is 22.1 Å². The Morgan fingerprint density at radius 2 is 1.59 bits per heavy atom. The zero-order valence-electron chi connectivity index (χ0n) is 18.8.